The third-order valence-electron chi connectivity index (χ3n) is 10.1. The van der Waals surface area contributed by atoms with Crippen LogP contribution in [-0.4, -0.2) is 87.5 Å². The van der Waals surface area contributed by atoms with Crippen molar-refractivity contribution in [1.82, 2.24) is 5.32 Å². The molecule has 0 aromatic heterocycles. The molecule has 0 aromatic carbocycles. The van der Waals surface area contributed by atoms with Crippen molar-refractivity contribution in [3.63, 3.8) is 0 Å². The van der Waals surface area contributed by atoms with Crippen LogP contribution in [0.1, 0.15) is 155 Å². The number of hydrogen-bond acceptors (Lipinski definition) is 8. The Morgan fingerprint density at radius 3 is 1.53 bits per heavy atom. The first-order valence-electron chi connectivity index (χ1n) is 23.0. The molecule has 59 heavy (non-hydrogen) atoms. The van der Waals surface area contributed by atoms with Crippen LogP contribution in [0.2, 0.25) is 0 Å². The summed E-state index contributed by atoms with van der Waals surface area (Å²) < 4.78 is 11.0. The summed E-state index contributed by atoms with van der Waals surface area (Å²) in [5, 5.41) is 53.4. The Morgan fingerprint density at radius 1 is 0.593 bits per heavy atom. The van der Waals surface area contributed by atoms with Gasteiger partial charge < -0.3 is 40.3 Å². The Bertz CT molecular complexity index is 1240. The molecule has 7 unspecified atom stereocenters. The predicted octanol–water partition coefficient (Wildman–Crippen LogP) is 9.72. The van der Waals surface area contributed by atoms with Gasteiger partial charge in [-0.2, -0.15) is 0 Å². The predicted molar refractivity (Wildman–Crippen MR) is 244 cm³/mol. The van der Waals surface area contributed by atoms with E-state index >= 15 is 0 Å². The highest BCUT2D eigenvalue weighted by molar-refractivity contribution is 5.76. The molecule has 1 fully saturated rings. The molecule has 1 amide bonds. The second-order valence-electron chi connectivity index (χ2n) is 15.5. The van der Waals surface area contributed by atoms with E-state index in [9.17, 15) is 30.3 Å². The molecule has 0 aliphatic carbocycles. The molecule has 1 saturated heterocycles. The van der Waals surface area contributed by atoms with Gasteiger partial charge in [0.05, 0.1) is 25.4 Å². The molecule has 6 N–H and O–H groups in total. The van der Waals surface area contributed by atoms with Crippen molar-refractivity contribution in [3.8, 4) is 0 Å². The monoisotopic (exact) mass is 826 g/mol. The first-order chi connectivity index (χ1) is 28.8. The fourth-order valence-corrected chi connectivity index (χ4v) is 6.49. The number of aliphatic hydroxyl groups is 5. The van der Waals surface area contributed by atoms with Crippen LogP contribution in [0, 0.1) is 0 Å². The highest BCUT2D eigenvalue weighted by Crippen LogP contribution is 2.22. The van der Waals surface area contributed by atoms with Crippen LogP contribution < -0.4 is 5.32 Å². The molecule has 0 bridgehead atoms. The molecule has 1 rings (SSSR count). The number of hydrogen-bond donors (Lipinski definition) is 6. The lowest BCUT2D eigenvalue weighted by atomic mass is 9.99. The SMILES string of the molecule is CC/C=C\C/C=C\C/C=C\C/C=C\C/C=C\C/C=C\C/C=C\CCCCCCCCCCCCCC(=O)NC(COC1OC(CO)C(O)C(O)C1O)C(O)/C=C/CCC. The third-order valence-corrected chi connectivity index (χ3v) is 10.1. The summed E-state index contributed by atoms with van der Waals surface area (Å²) >= 11 is 0. The number of amides is 1. The Balaban J connectivity index is 2.05. The van der Waals surface area contributed by atoms with E-state index in [0.717, 1.165) is 83.5 Å². The Morgan fingerprint density at radius 2 is 1.05 bits per heavy atom. The minimum Gasteiger partial charge on any atom is -0.394 e. The van der Waals surface area contributed by atoms with Gasteiger partial charge in [-0.1, -0.05) is 175 Å². The molecule has 1 aliphatic heterocycles. The van der Waals surface area contributed by atoms with Crippen molar-refractivity contribution in [2.45, 2.75) is 198 Å². The van der Waals surface area contributed by atoms with Crippen LogP contribution in [-0.2, 0) is 14.3 Å². The Kier molecular flexibility index (Phi) is 36.0. The summed E-state index contributed by atoms with van der Waals surface area (Å²) in [6.45, 7) is 3.41. The molecule has 9 heteroatoms. The van der Waals surface area contributed by atoms with Gasteiger partial charge in [-0.05, 0) is 70.6 Å². The maximum Gasteiger partial charge on any atom is 0.220 e. The first kappa shape index (κ1) is 54.1. The van der Waals surface area contributed by atoms with Crippen molar-refractivity contribution < 1.29 is 39.8 Å². The summed E-state index contributed by atoms with van der Waals surface area (Å²) in [7, 11) is 0. The van der Waals surface area contributed by atoms with E-state index in [4.69, 9.17) is 9.47 Å². The number of rotatable bonds is 36. The molecule has 7 atom stereocenters. The average Bonchev–Trinajstić information content (AvgIpc) is 3.23. The molecular formula is C50H83NO8. The van der Waals surface area contributed by atoms with Gasteiger partial charge in [0.15, 0.2) is 6.29 Å². The van der Waals surface area contributed by atoms with Crippen LogP contribution in [0.25, 0.3) is 0 Å². The van der Waals surface area contributed by atoms with Gasteiger partial charge in [0, 0.05) is 6.42 Å². The minimum absolute atomic E-state index is 0.198. The smallest absolute Gasteiger partial charge is 0.220 e. The lowest BCUT2D eigenvalue weighted by Crippen LogP contribution is -2.60. The van der Waals surface area contributed by atoms with Crippen LogP contribution >= 0.6 is 0 Å². The largest absolute Gasteiger partial charge is 0.394 e. The fourth-order valence-electron chi connectivity index (χ4n) is 6.49. The number of nitrogens with one attached hydrogen (secondary N) is 1. The van der Waals surface area contributed by atoms with Crippen LogP contribution in [0.15, 0.2) is 97.2 Å². The maximum absolute atomic E-state index is 12.8. The molecular weight excluding hydrogens is 743 g/mol. The quantitative estimate of drug-likeness (QED) is 0.0270. The van der Waals surface area contributed by atoms with Gasteiger partial charge in [-0.3, -0.25) is 4.79 Å². The average molecular weight is 826 g/mol. The van der Waals surface area contributed by atoms with Gasteiger partial charge in [0.1, 0.15) is 24.4 Å². The topological polar surface area (TPSA) is 149 Å². The second kappa shape index (κ2) is 39.3. The number of carbonyl (C=O) groups is 1. The highest BCUT2D eigenvalue weighted by Gasteiger charge is 2.44. The summed E-state index contributed by atoms with van der Waals surface area (Å²) in [5.41, 5.74) is 0. The first-order valence-corrected chi connectivity index (χ1v) is 23.0. The maximum atomic E-state index is 12.8. The van der Waals surface area contributed by atoms with E-state index in [1.165, 1.54) is 51.4 Å². The van der Waals surface area contributed by atoms with E-state index in [1.54, 1.807) is 6.08 Å². The van der Waals surface area contributed by atoms with Gasteiger partial charge in [-0.15, -0.1) is 0 Å². The Labute approximate surface area is 358 Å². The molecule has 336 valence electrons. The molecule has 0 aromatic rings. The zero-order valence-electron chi connectivity index (χ0n) is 36.7. The van der Waals surface area contributed by atoms with Crippen molar-refractivity contribution in [1.29, 1.82) is 0 Å². The van der Waals surface area contributed by atoms with E-state index in [1.807, 2.05) is 13.0 Å². The number of ether oxygens (including phenoxy) is 2. The molecule has 0 saturated carbocycles. The Hall–Kier alpha value is -2.89. The fraction of sp³-hybridized carbons (Fsp3) is 0.660. The molecule has 1 aliphatic rings. The number of unbranched alkanes of at least 4 members (excludes halogenated alkanes) is 12. The van der Waals surface area contributed by atoms with E-state index in [2.05, 4.69) is 97.3 Å². The zero-order valence-corrected chi connectivity index (χ0v) is 36.7. The number of aliphatic hydroxyl groups excluding tert-OH is 5. The van der Waals surface area contributed by atoms with Gasteiger partial charge >= 0.3 is 0 Å². The summed E-state index contributed by atoms with van der Waals surface area (Å²) in [6, 6.07) is -0.807. The van der Waals surface area contributed by atoms with Crippen LogP contribution in [0.5, 0.6) is 0 Å². The van der Waals surface area contributed by atoms with Gasteiger partial charge in [0.2, 0.25) is 5.91 Å². The van der Waals surface area contributed by atoms with E-state index in [0.29, 0.717) is 6.42 Å². The molecule has 9 nitrogen and oxygen atoms in total. The van der Waals surface area contributed by atoms with Crippen LogP contribution in [0.4, 0.5) is 0 Å². The molecule has 0 spiro atoms. The number of carbonyl (C=O) groups excluding carboxylic acids is 1. The minimum atomic E-state index is -1.57. The summed E-state index contributed by atoms with van der Waals surface area (Å²) in [6.07, 6.45) is 49.9. The summed E-state index contributed by atoms with van der Waals surface area (Å²) in [5.74, 6) is -0.198. The van der Waals surface area contributed by atoms with E-state index < -0.39 is 49.5 Å². The van der Waals surface area contributed by atoms with Gasteiger partial charge in [0.25, 0.3) is 0 Å². The normalized spacial score (nSPS) is 21.6. The standard InChI is InChI=1S/C50H83NO8/c1-3-5-7-8-9-10-11-12-13-14-15-16-17-18-19-20-21-22-23-24-25-26-27-28-29-30-31-32-33-34-35-36-38-40-46(54)51-43(44(53)39-37-6-4-2)42-58-50-49(57)48(56)47(55)45(41-52)59-50/h5,7,9-10,12-13,15-16,18-19,21-22,24-25,37,39,43-45,47-50,52-53,55-57H,3-4,6,8,11,14,17,20,23,26-36,38,40-42H2,1-2H3,(H,51,54)/b7-5-,10-9-,13-12-,16-15-,19-18-,22-21-,25-24-,39-37+. The van der Waals surface area contributed by atoms with Crippen molar-refractivity contribution in [2.24, 2.45) is 0 Å². The molecule has 0 radical (unpaired) electrons. The van der Waals surface area contributed by atoms with Crippen molar-refractivity contribution in [2.75, 3.05) is 13.2 Å². The molecule has 1 heterocycles. The third kappa shape index (κ3) is 29.9. The van der Waals surface area contributed by atoms with Crippen molar-refractivity contribution in [3.05, 3.63) is 97.2 Å². The van der Waals surface area contributed by atoms with Crippen LogP contribution in [0.3, 0.4) is 0 Å². The zero-order chi connectivity index (χ0) is 43.0. The summed E-state index contributed by atoms with van der Waals surface area (Å²) in [4.78, 5) is 12.8. The lowest BCUT2D eigenvalue weighted by Gasteiger charge is -2.40. The van der Waals surface area contributed by atoms with E-state index in [-0.39, 0.29) is 12.5 Å². The van der Waals surface area contributed by atoms with Gasteiger partial charge in [-0.25, -0.2) is 0 Å². The van der Waals surface area contributed by atoms with Crippen molar-refractivity contribution >= 4 is 5.91 Å². The highest BCUT2D eigenvalue weighted by atomic mass is 16.7. The second-order valence-corrected chi connectivity index (χ2v) is 15.5. The lowest BCUT2D eigenvalue weighted by molar-refractivity contribution is -0.302. The number of allylic oxidation sites excluding steroid dienone is 15.